The minimum Gasteiger partial charge on any atom is -0.497 e. The van der Waals surface area contributed by atoms with Gasteiger partial charge in [-0.25, -0.2) is 17.9 Å². The lowest BCUT2D eigenvalue weighted by molar-refractivity contribution is 0.0691. The van der Waals surface area contributed by atoms with Crippen LogP contribution in [0.3, 0.4) is 0 Å². The average molecular weight is 373 g/mol. The third-order valence-corrected chi connectivity index (χ3v) is 4.85. The number of aromatic nitrogens is 3. The largest absolute Gasteiger partial charge is 0.497 e. The molecule has 26 heavy (non-hydrogen) atoms. The van der Waals surface area contributed by atoms with Gasteiger partial charge in [-0.1, -0.05) is 17.3 Å². The van der Waals surface area contributed by atoms with E-state index in [1.54, 1.807) is 36.4 Å². The predicted octanol–water partition coefficient (Wildman–Crippen LogP) is 2.04. The number of ether oxygens (including phenoxy) is 1. The van der Waals surface area contributed by atoms with E-state index in [9.17, 15) is 18.3 Å². The van der Waals surface area contributed by atoms with Crippen molar-refractivity contribution in [3.63, 3.8) is 0 Å². The Hall–Kier alpha value is -3.20. The van der Waals surface area contributed by atoms with E-state index in [0.717, 1.165) is 6.26 Å². The van der Waals surface area contributed by atoms with Crippen LogP contribution in [0.15, 0.2) is 53.4 Å². The molecular formula is C17H15N3O5S. The SMILES string of the molecule is COc1cccc(-c2c(C(=O)O)nnn2-c2ccc(S(C)(=O)=O)cc2)c1. The van der Waals surface area contributed by atoms with Gasteiger partial charge in [-0.15, -0.1) is 5.10 Å². The Morgan fingerprint density at radius 3 is 2.42 bits per heavy atom. The van der Waals surface area contributed by atoms with Crippen molar-refractivity contribution in [2.24, 2.45) is 0 Å². The van der Waals surface area contributed by atoms with Crippen molar-refractivity contribution in [3.05, 3.63) is 54.2 Å². The van der Waals surface area contributed by atoms with Crippen LogP contribution in [0.25, 0.3) is 16.9 Å². The van der Waals surface area contributed by atoms with E-state index >= 15 is 0 Å². The number of sulfone groups is 1. The Balaban J connectivity index is 2.18. The van der Waals surface area contributed by atoms with Gasteiger partial charge in [-0.3, -0.25) is 0 Å². The predicted molar refractivity (Wildman–Crippen MR) is 93.4 cm³/mol. The highest BCUT2D eigenvalue weighted by molar-refractivity contribution is 7.90. The number of nitrogens with zero attached hydrogens (tertiary/aromatic N) is 3. The molecule has 0 atom stereocenters. The number of methoxy groups -OCH3 is 1. The molecule has 134 valence electrons. The van der Waals surface area contributed by atoms with E-state index in [4.69, 9.17) is 4.74 Å². The number of carbonyl (C=O) groups is 1. The Bertz CT molecular complexity index is 1070. The Labute approximate surface area is 149 Å². The zero-order valence-electron chi connectivity index (χ0n) is 13.9. The molecule has 0 bridgehead atoms. The molecule has 3 aromatic rings. The molecular weight excluding hydrogens is 358 g/mol. The van der Waals surface area contributed by atoms with Gasteiger partial charge in [0.1, 0.15) is 11.4 Å². The number of aromatic carboxylic acids is 1. The van der Waals surface area contributed by atoms with Gasteiger partial charge in [0.15, 0.2) is 15.5 Å². The summed E-state index contributed by atoms with van der Waals surface area (Å²) in [6, 6.07) is 12.8. The second-order valence-corrected chi connectivity index (χ2v) is 7.52. The second kappa shape index (κ2) is 6.60. The highest BCUT2D eigenvalue weighted by atomic mass is 32.2. The maximum absolute atomic E-state index is 11.6. The smallest absolute Gasteiger partial charge is 0.358 e. The molecule has 0 unspecified atom stereocenters. The molecule has 8 nitrogen and oxygen atoms in total. The average Bonchev–Trinajstić information content (AvgIpc) is 3.06. The van der Waals surface area contributed by atoms with Crippen molar-refractivity contribution in [1.29, 1.82) is 0 Å². The molecule has 0 amide bonds. The molecule has 0 spiro atoms. The second-order valence-electron chi connectivity index (χ2n) is 5.50. The van der Waals surface area contributed by atoms with Crippen molar-refractivity contribution < 1.29 is 23.1 Å². The van der Waals surface area contributed by atoms with Crippen molar-refractivity contribution in [2.75, 3.05) is 13.4 Å². The van der Waals surface area contributed by atoms with Gasteiger partial charge >= 0.3 is 5.97 Å². The fourth-order valence-electron chi connectivity index (χ4n) is 2.47. The van der Waals surface area contributed by atoms with Crippen molar-refractivity contribution >= 4 is 15.8 Å². The fourth-order valence-corrected chi connectivity index (χ4v) is 3.10. The normalized spacial score (nSPS) is 11.3. The Morgan fingerprint density at radius 1 is 1.15 bits per heavy atom. The monoisotopic (exact) mass is 373 g/mol. The molecule has 1 heterocycles. The number of carboxylic acid groups (broad SMARTS) is 1. The lowest BCUT2D eigenvalue weighted by atomic mass is 10.1. The van der Waals surface area contributed by atoms with E-state index in [0.29, 0.717) is 17.0 Å². The minimum atomic E-state index is -3.34. The summed E-state index contributed by atoms with van der Waals surface area (Å²) in [7, 11) is -1.83. The first-order valence-corrected chi connectivity index (χ1v) is 9.34. The summed E-state index contributed by atoms with van der Waals surface area (Å²) < 4.78 is 29.8. The van der Waals surface area contributed by atoms with Crippen LogP contribution in [-0.2, 0) is 9.84 Å². The maximum Gasteiger partial charge on any atom is 0.358 e. The molecule has 2 aromatic carbocycles. The standard InChI is InChI=1S/C17H15N3O5S/c1-25-13-5-3-4-11(10-13)16-15(17(21)22)18-19-20(16)12-6-8-14(9-7-12)26(2,23)24/h3-10H,1-2H3,(H,21,22). The summed E-state index contributed by atoms with van der Waals surface area (Å²) in [6.07, 6.45) is 1.11. The van der Waals surface area contributed by atoms with Crippen molar-refractivity contribution in [3.8, 4) is 22.7 Å². The van der Waals surface area contributed by atoms with Crippen molar-refractivity contribution in [1.82, 2.24) is 15.0 Å². The van der Waals surface area contributed by atoms with Gasteiger partial charge in [0.2, 0.25) is 0 Å². The van der Waals surface area contributed by atoms with Crippen LogP contribution in [-0.4, -0.2) is 47.9 Å². The van der Waals surface area contributed by atoms with Crippen molar-refractivity contribution in [2.45, 2.75) is 4.90 Å². The van der Waals surface area contributed by atoms with Gasteiger partial charge in [0.05, 0.1) is 17.7 Å². The third kappa shape index (κ3) is 3.29. The summed E-state index contributed by atoms with van der Waals surface area (Å²) in [5.41, 5.74) is 1.09. The summed E-state index contributed by atoms with van der Waals surface area (Å²) >= 11 is 0. The molecule has 0 aliphatic rings. The number of hydrogen-bond acceptors (Lipinski definition) is 6. The van der Waals surface area contributed by atoms with E-state index in [1.165, 1.54) is 23.9 Å². The van der Waals surface area contributed by atoms with Gasteiger partial charge in [0, 0.05) is 11.8 Å². The zero-order valence-corrected chi connectivity index (χ0v) is 14.8. The van der Waals surface area contributed by atoms with E-state index in [1.807, 2.05) is 0 Å². The topological polar surface area (TPSA) is 111 Å². The number of rotatable bonds is 5. The lowest BCUT2D eigenvalue weighted by Gasteiger charge is -2.09. The van der Waals surface area contributed by atoms with Crippen LogP contribution in [0, 0.1) is 0 Å². The molecule has 0 aliphatic carbocycles. The molecule has 0 aliphatic heterocycles. The van der Waals surface area contributed by atoms with Crippen LogP contribution in [0.1, 0.15) is 10.5 Å². The summed E-state index contributed by atoms with van der Waals surface area (Å²) in [6.45, 7) is 0. The highest BCUT2D eigenvalue weighted by Gasteiger charge is 2.22. The quantitative estimate of drug-likeness (QED) is 0.728. The van der Waals surface area contributed by atoms with Crippen LogP contribution in [0.4, 0.5) is 0 Å². The Morgan fingerprint density at radius 2 is 1.85 bits per heavy atom. The summed E-state index contributed by atoms with van der Waals surface area (Å²) in [4.78, 5) is 11.7. The molecule has 1 aromatic heterocycles. The van der Waals surface area contributed by atoms with Crippen LogP contribution in [0.5, 0.6) is 5.75 Å². The summed E-state index contributed by atoms with van der Waals surface area (Å²) in [5.74, 6) is -0.666. The lowest BCUT2D eigenvalue weighted by Crippen LogP contribution is -2.04. The first kappa shape index (κ1) is 17.6. The third-order valence-electron chi connectivity index (χ3n) is 3.73. The first-order chi connectivity index (χ1) is 12.3. The maximum atomic E-state index is 11.6. The fraction of sp³-hybridized carbons (Fsp3) is 0.118. The van der Waals surface area contributed by atoms with Gasteiger partial charge in [0.25, 0.3) is 0 Å². The number of hydrogen-bond donors (Lipinski definition) is 1. The molecule has 3 rings (SSSR count). The molecule has 0 fully saturated rings. The van der Waals surface area contributed by atoms with Gasteiger partial charge in [-0.2, -0.15) is 0 Å². The highest BCUT2D eigenvalue weighted by Crippen LogP contribution is 2.28. The summed E-state index contributed by atoms with van der Waals surface area (Å²) in [5, 5.41) is 17.1. The van der Waals surface area contributed by atoms with Gasteiger partial charge < -0.3 is 9.84 Å². The van der Waals surface area contributed by atoms with Crippen LogP contribution < -0.4 is 4.74 Å². The first-order valence-electron chi connectivity index (χ1n) is 7.45. The number of carboxylic acids is 1. The molecule has 0 saturated carbocycles. The van der Waals surface area contributed by atoms with Crippen LogP contribution >= 0.6 is 0 Å². The number of benzene rings is 2. The molecule has 1 N–H and O–H groups in total. The van der Waals surface area contributed by atoms with E-state index in [2.05, 4.69) is 10.3 Å². The molecule has 9 heteroatoms. The molecule has 0 saturated heterocycles. The minimum absolute atomic E-state index is 0.155. The van der Waals surface area contributed by atoms with E-state index < -0.39 is 15.8 Å². The zero-order chi connectivity index (χ0) is 18.9. The van der Waals surface area contributed by atoms with E-state index in [-0.39, 0.29) is 16.3 Å². The molecule has 0 radical (unpaired) electrons. The Kier molecular flexibility index (Phi) is 4.47. The van der Waals surface area contributed by atoms with Crippen LogP contribution in [0.2, 0.25) is 0 Å². The van der Waals surface area contributed by atoms with Gasteiger partial charge in [-0.05, 0) is 36.4 Å².